The number of carbonyl (C=O) groups excluding carboxylic acids is 1. The number of benzene rings is 2. The van der Waals surface area contributed by atoms with Crippen LogP contribution in [0.3, 0.4) is 0 Å². The van der Waals surface area contributed by atoms with Gasteiger partial charge in [-0.1, -0.05) is 29.8 Å². The second kappa shape index (κ2) is 9.06. The third-order valence-corrected chi connectivity index (χ3v) is 4.84. The molecule has 1 aliphatic carbocycles. The predicted molar refractivity (Wildman–Crippen MR) is 103 cm³/mol. The van der Waals surface area contributed by atoms with Gasteiger partial charge in [0.25, 0.3) is 0 Å². The molecular formula is C21H24ClNO3. The summed E-state index contributed by atoms with van der Waals surface area (Å²) in [4.78, 5) is 11.5. The summed E-state index contributed by atoms with van der Waals surface area (Å²) in [5.74, 6) is 0.543. The third-order valence-electron chi connectivity index (χ3n) is 4.61. The largest absolute Gasteiger partial charge is 0.513 e. The Bertz CT molecular complexity index is 763. The van der Waals surface area contributed by atoms with E-state index < -0.39 is 6.16 Å². The maximum atomic E-state index is 11.5. The van der Waals surface area contributed by atoms with E-state index >= 15 is 0 Å². The van der Waals surface area contributed by atoms with Crippen molar-refractivity contribution in [2.24, 2.45) is 0 Å². The van der Waals surface area contributed by atoms with Gasteiger partial charge in [-0.15, -0.1) is 0 Å². The molecule has 26 heavy (non-hydrogen) atoms. The molecule has 1 unspecified atom stereocenters. The van der Waals surface area contributed by atoms with Crippen molar-refractivity contribution < 1.29 is 14.3 Å². The highest BCUT2D eigenvalue weighted by Gasteiger charge is 2.19. The van der Waals surface area contributed by atoms with E-state index in [4.69, 9.17) is 21.1 Å². The van der Waals surface area contributed by atoms with Gasteiger partial charge in [-0.05, 0) is 80.1 Å². The zero-order valence-corrected chi connectivity index (χ0v) is 15.7. The molecule has 5 heteroatoms. The molecule has 2 aromatic rings. The summed E-state index contributed by atoms with van der Waals surface area (Å²) < 4.78 is 10.0. The van der Waals surface area contributed by atoms with E-state index in [1.807, 2.05) is 36.4 Å². The summed E-state index contributed by atoms with van der Waals surface area (Å²) in [5, 5.41) is 4.42. The van der Waals surface area contributed by atoms with Crippen molar-refractivity contribution in [3.8, 4) is 5.75 Å². The highest BCUT2D eigenvalue weighted by molar-refractivity contribution is 6.30. The van der Waals surface area contributed by atoms with Gasteiger partial charge in [0.05, 0.1) is 6.61 Å². The first-order chi connectivity index (χ1) is 12.6. The lowest BCUT2D eigenvalue weighted by atomic mass is 9.88. The molecule has 1 aliphatic rings. The number of carbonyl (C=O) groups is 1. The van der Waals surface area contributed by atoms with Crippen LogP contribution in [0.15, 0.2) is 42.5 Å². The summed E-state index contributed by atoms with van der Waals surface area (Å²) in [6.45, 7) is 2.98. The molecule has 0 radical (unpaired) electrons. The average molecular weight is 374 g/mol. The fourth-order valence-corrected chi connectivity index (χ4v) is 3.54. The van der Waals surface area contributed by atoms with Gasteiger partial charge in [-0.25, -0.2) is 4.79 Å². The van der Waals surface area contributed by atoms with Gasteiger partial charge in [0, 0.05) is 11.1 Å². The summed E-state index contributed by atoms with van der Waals surface area (Å²) in [6, 6.07) is 14.3. The molecule has 138 valence electrons. The number of fused-ring (bicyclic) bond motifs is 1. The standard InChI is InChI=1S/C21H24ClNO3/c1-2-25-21(24)26-20-9-7-16-6-8-19(13-17(16)14-20)23-11-10-15-4-3-5-18(22)12-15/h3-5,7,9,12,14,19,23H,2,6,8,10-11,13H2,1H3. The zero-order chi connectivity index (χ0) is 18.4. The molecule has 2 aromatic carbocycles. The second-order valence-corrected chi connectivity index (χ2v) is 6.93. The topological polar surface area (TPSA) is 47.6 Å². The predicted octanol–water partition coefficient (Wildman–Crippen LogP) is 4.56. The monoisotopic (exact) mass is 373 g/mol. The number of rotatable bonds is 6. The highest BCUT2D eigenvalue weighted by atomic mass is 35.5. The first kappa shape index (κ1) is 18.7. The van der Waals surface area contributed by atoms with Crippen molar-refractivity contribution in [1.29, 1.82) is 0 Å². The molecule has 1 N–H and O–H groups in total. The van der Waals surface area contributed by atoms with Crippen LogP contribution in [0.4, 0.5) is 4.79 Å². The van der Waals surface area contributed by atoms with Crippen LogP contribution in [-0.4, -0.2) is 25.3 Å². The van der Waals surface area contributed by atoms with E-state index in [9.17, 15) is 4.79 Å². The van der Waals surface area contributed by atoms with E-state index in [2.05, 4.69) is 11.4 Å². The van der Waals surface area contributed by atoms with Crippen LogP contribution in [0, 0.1) is 0 Å². The quantitative estimate of drug-likeness (QED) is 0.595. The van der Waals surface area contributed by atoms with Crippen molar-refractivity contribution in [3.05, 3.63) is 64.2 Å². The molecule has 0 aliphatic heterocycles. The molecule has 1 atom stereocenters. The van der Waals surface area contributed by atoms with Crippen LogP contribution in [0.1, 0.15) is 30.0 Å². The number of aryl methyl sites for hydroxylation is 1. The SMILES string of the molecule is CCOC(=O)Oc1ccc2c(c1)CC(NCCc1cccc(Cl)c1)CC2. The summed E-state index contributed by atoms with van der Waals surface area (Å²) in [7, 11) is 0. The van der Waals surface area contributed by atoms with Crippen molar-refractivity contribution in [3.63, 3.8) is 0 Å². The van der Waals surface area contributed by atoms with Crippen LogP contribution in [0.2, 0.25) is 5.02 Å². The highest BCUT2D eigenvalue weighted by Crippen LogP contribution is 2.26. The van der Waals surface area contributed by atoms with Gasteiger partial charge in [-0.3, -0.25) is 0 Å². The van der Waals surface area contributed by atoms with Crippen molar-refractivity contribution in [1.82, 2.24) is 5.32 Å². The van der Waals surface area contributed by atoms with E-state index in [0.717, 1.165) is 37.3 Å². The molecule has 0 bridgehead atoms. The molecule has 3 rings (SSSR count). The van der Waals surface area contributed by atoms with Crippen LogP contribution < -0.4 is 10.1 Å². The van der Waals surface area contributed by atoms with Crippen molar-refractivity contribution in [2.75, 3.05) is 13.2 Å². The number of hydrogen-bond acceptors (Lipinski definition) is 4. The van der Waals surface area contributed by atoms with E-state index in [-0.39, 0.29) is 0 Å². The maximum Gasteiger partial charge on any atom is 0.513 e. The minimum Gasteiger partial charge on any atom is -0.434 e. The normalized spacial score (nSPS) is 16.0. The Morgan fingerprint density at radius 3 is 2.92 bits per heavy atom. The maximum absolute atomic E-state index is 11.5. The Balaban J connectivity index is 1.53. The summed E-state index contributed by atoms with van der Waals surface area (Å²) >= 11 is 6.03. The molecule has 0 saturated heterocycles. The Morgan fingerprint density at radius 2 is 2.12 bits per heavy atom. The molecule has 0 saturated carbocycles. The van der Waals surface area contributed by atoms with Crippen LogP contribution in [-0.2, 0) is 24.0 Å². The van der Waals surface area contributed by atoms with E-state index in [0.29, 0.717) is 18.4 Å². The Labute approximate surface area is 159 Å². The average Bonchev–Trinajstić information content (AvgIpc) is 2.62. The molecule has 0 fully saturated rings. The molecule has 0 amide bonds. The number of ether oxygens (including phenoxy) is 2. The molecule has 4 nitrogen and oxygen atoms in total. The van der Waals surface area contributed by atoms with Gasteiger partial charge >= 0.3 is 6.16 Å². The summed E-state index contributed by atoms with van der Waals surface area (Å²) in [6.07, 6.45) is 3.38. The first-order valence-corrected chi connectivity index (χ1v) is 9.46. The van der Waals surface area contributed by atoms with Gasteiger partial charge in [0.1, 0.15) is 5.75 Å². The lowest BCUT2D eigenvalue weighted by molar-refractivity contribution is 0.104. The number of hydrogen-bond donors (Lipinski definition) is 1. The Kier molecular flexibility index (Phi) is 6.53. The van der Waals surface area contributed by atoms with Gasteiger partial charge in [0.2, 0.25) is 0 Å². The smallest absolute Gasteiger partial charge is 0.434 e. The second-order valence-electron chi connectivity index (χ2n) is 6.49. The lowest BCUT2D eigenvalue weighted by Gasteiger charge is -2.26. The van der Waals surface area contributed by atoms with E-state index in [1.165, 1.54) is 16.7 Å². The van der Waals surface area contributed by atoms with Gasteiger partial charge in [0.15, 0.2) is 0 Å². The third kappa shape index (κ3) is 5.23. The first-order valence-electron chi connectivity index (χ1n) is 9.08. The fraction of sp³-hybridized carbons (Fsp3) is 0.381. The van der Waals surface area contributed by atoms with Gasteiger partial charge in [-0.2, -0.15) is 0 Å². The molecular weight excluding hydrogens is 350 g/mol. The zero-order valence-electron chi connectivity index (χ0n) is 15.0. The Morgan fingerprint density at radius 1 is 1.23 bits per heavy atom. The molecule has 0 aromatic heterocycles. The van der Waals surface area contributed by atoms with Crippen molar-refractivity contribution in [2.45, 2.75) is 38.6 Å². The summed E-state index contributed by atoms with van der Waals surface area (Å²) in [5.41, 5.74) is 3.80. The van der Waals surface area contributed by atoms with E-state index in [1.54, 1.807) is 6.92 Å². The fourth-order valence-electron chi connectivity index (χ4n) is 3.33. The molecule has 0 heterocycles. The molecule has 0 spiro atoms. The van der Waals surface area contributed by atoms with Crippen LogP contribution >= 0.6 is 11.6 Å². The number of halogens is 1. The minimum absolute atomic E-state index is 0.308. The minimum atomic E-state index is -0.653. The van der Waals surface area contributed by atoms with Crippen molar-refractivity contribution >= 4 is 17.8 Å². The van der Waals surface area contributed by atoms with Crippen LogP contribution in [0.5, 0.6) is 5.75 Å². The van der Waals surface area contributed by atoms with Gasteiger partial charge < -0.3 is 14.8 Å². The Hall–Kier alpha value is -2.04. The number of nitrogens with one attached hydrogen (secondary N) is 1. The van der Waals surface area contributed by atoms with Crippen LogP contribution in [0.25, 0.3) is 0 Å². The lowest BCUT2D eigenvalue weighted by Crippen LogP contribution is -2.35.